The number of rotatable bonds is 5. The van der Waals surface area contributed by atoms with Crippen LogP contribution in [0.2, 0.25) is 0 Å². The highest BCUT2D eigenvalue weighted by Crippen LogP contribution is 2.35. The highest BCUT2D eigenvalue weighted by atomic mass is 28.2. The third-order valence-electron chi connectivity index (χ3n) is 3.24. The van der Waals surface area contributed by atoms with E-state index in [1.54, 1.807) is 21.3 Å². The van der Waals surface area contributed by atoms with Gasteiger partial charge in [-0.15, -0.1) is 0 Å². The number of hydrogen-bond acceptors (Lipinski definition) is 3. The van der Waals surface area contributed by atoms with Crippen molar-refractivity contribution >= 4 is 9.52 Å². The van der Waals surface area contributed by atoms with Crippen LogP contribution in [-0.2, 0) is 20.6 Å². The summed E-state index contributed by atoms with van der Waals surface area (Å²) in [4.78, 5) is 0. The minimum atomic E-state index is -0.534. The van der Waals surface area contributed by atoms with Crippen molar-refractivity contribution < 1.29 is 14.2 Å². The maximum atomic E-state index is 5.41. The van der Waals surface area contributed by atoms with Crippen LogP contribution in [-0.4, -0.2) is 30.8 Å². The van der Waals surface area contributed by atoms with E-state index in [-0.39, 0.29) is 0 Å². The van der Waals surface area contributed by atoms with Crippen LogP contribution in [0.15, 0.2) is 35.6 Å². The molecule has 2 rings (SSSR count). The molecule has 0 N–H and O–H groups in total. The first-order valence-electron chi connectivity index (χ1n) is 5.73. The second kappa shape index (κ2) is 5.27. The molecule has 0 fully saturated rings. The second-order valence-corrected chi connectivity index (χ2v) is 6.16. The van der Waals surface area contributed by atoms with Crippen molar-refractivity contribution in [1.29, 1.82) is 0 Å². The molecule has 0 radical (unpaired) electrons. The monoisotopic (exact) mass is 250 g/mol. The summed E-state index contributed by atoms with van der Waals surface area (Å²) in [6, 6.07) is 8.61. The molecule has 0 heterocycles. The summed E-state index contributed by atoms with van der Waals surface area (Å²) in [5, 5.41) is 0.912. The summed E-state index contributed by atoms with van der Waals surface area (Å²) in [7, 11) is 4.38. The number of methoxy groups -OCH3 is 3. The van der Waals surface area contributed by atoms with E-state index in [1.807, 2.05) is 0 Å². The highest BCUT2D eigenvalue weighted by Gasteiger charge is 2.28. The average Bonchev–Trinajstić information content (AvgIpc) is 2.34. The fourth-order valence-electron chi connectivity index (χ4n) is 2.33. The zero-order valence-electron chi connectivity index (χ0n) is 10.5. The van der Waals surface area contributed by atoms with E-state index in [9.17, 15) is 0 Å². The Hall–Kier alpha value is -1.42. The molecule has 1 atom stereocenters. The van der Waals surface area contributed by atoms with Crippen LogP contribution in [0.4, 0.5) is 0 Å². The van der Waals surface area contributed by atoms with Crippen molar-refractivity contribution in [1.82, 2.24) is 0 Å². The SMILES string of the molecule is COC(OC)=C(OC)[SiH2]C1Cc2ccccc21. The lowest BCUT2D eigenvalue weighted by atomic mass is 9.88. The quantitative estimate of drug-likeness (QED) is 0.586. The van der Waals surface area contributed by atoms with Crippen LogP contribution in [0.1, 0.15) is 16.7 Å². The Morgan fingerprint density at radius 1 is 1.12 bits per heavy atom. The summed E-state index contributed by atoms with van der Waals surface area (Å²) < 4.78 is 15.8. The van der Waals surface area contributed by atoms with Crippen LogP contribution in [0.25, 0.3) is 0 Å². The van der Waals surface area contributed by atoms with Crippen LogP contribution in [0, 0.1) is 0 Å². The molecule has 92 valence electrons. The Labute approximate surface area is 104 Å². The first-order chi connectivity index (χ1) is 8.30. The average molecular weight is 250 g/mol. The molecule has 0 aromatic heterocycles. The molecule has 0 bridgehead atoms. The summed E-state index contributed by atoms with van der Waals surface area (Å²) in [5.41, 5.74) is 3.60. The largest absolute Gasteiger partial charge is 0.500 e. The van der Waals surface area contributed by atoms with E-state index >= 15 is 0 Å². The van der Waals surface area contributed by atoms with E-state index in [0.29, 0.717) is 11.5 Å². The van der Waals surface area contributed by atoms with Crippen molar-refractivity contribution in [2.75, 3.05) is 21.3 Å². The Kier molecular flexibility index (Phi) is 3.74. The van der Waals surface area contributed by atoms with Gasteiger partial charge in [-0.2, -0.15) is 0 Å². The molecule has 0 aliphatic heterocycles. The molecular formula is C13H18O3Si. The number of ether oxygens (including phenoxy) is 3. The second-order valence-electron chi connectivity index (χ2n) is 4.13. The van der Waals surface area contributed by atoms with Crippen molar-refractivity contribution in [3.8, 4) is 0 Å². The lowest BCUT2D eigenvalue weighted by Gasteiger charge is -2.30. The molecule has 0 spiro atoms. The lowest BCUT2D eigenvalue weighted by Crippen LogP contribution is -2.25. The summed E-state index contributed by atoms with van der Waals surface area (Å²) in [6.07, 6.45) is 1.16. The van der Waals surface area contributed by atoms with E-state index < -0.39 is 9.52 Å². The minimum Gasteiger partial charge on any atom is -0.500 e. The Morgan fingerprint density at radius 2 is 1.82 bits per heavy atom. The smallest absolute Gasteiger partial charge is 0.312 e. The molecule has 1 aliphatic rings. The van der Waals surface area contributed by atoms with Crippen LogP contribution in [0.3, 0.4) is 0 Å². The van der Waals surface area contributed by atoms with Gasteiger partial charge in [0.15, 0.2) is 0 Å². The molecule has 0 saturated heterocycles. The normalized spacial score (nSPS) is 17.2. The van der Waals surface area contributed by atoms with Gasteiger partial charge in [-0.3, -0.25) is 0 Å². The third-order valence-corrected chi connectivity index (χ3v) is 5.41. The standard InChI is InChI=1S/C13H18O3Si/c1-14-12(15-2)13(16-3)17-11-8-9-6-4-5-7-10(9)11/h4-7,11H,8,17H2,1-3H3. The Bertz CT molecular complexity index is 422. The van der Waals surface area contributed by atoms with E-state index in [0.717, 1.165) is 11.8 Å². The van der Waals surface area contributed by atoms with Gasteiger partial charge in [0.1, 0.15) is 14.9 Å². The lowest BCUT2D eigenvalue weighted by molar-refractivity contribution is 0.0753. The van der Waals surface area contributed by atoms with Gasteiger partial charge >= 0.3 is 5.95 Å². The fourth-order valence-corrected chi connectivity index (χ4v) is 4.47. The predicted molar refractivity (Wildman–Crippen MR) is 69.5 cm³/mol. The molecule has 1 aromatic rings. The first-order valence-corrected chi connectivity index (χ1v) is 7.25. The highest BCUT2D eigenvalue weighted by molar-refractivity contribution is 6.47. The maximum absolute atomic E-state index is 5.41. The topological polar surface area (TPSA) is 27.7 Å². The molecule has 17 heavy (non-hydrogen) atoms. The maximum Gasteiger partial charge on any atom is 0.312 e. The van der Waals surface area contributed by atoms with Gasteiger partial charge in [0.05, 0.1) is 21.3 Å². The number of hydrogen-bond donors (Lipinski definition) is 0. The number of fused-ring (bicyclic) bond motifs is 1. The van der Waals surface area contributed by atoms with Crippen LogP contribution < -0.4 is 0 Å². The van der Waals surface area contributed by atoms with Gasteiger partial charge in [-0.25, -0.2) is 0 Å². The van der Waals surface area contributed by atoms with Gasteiger partial charge in [-0.05, 0) is 23.1 Å². The van der Waals surface area contributed by atoms with E-state index in [2.05, 4.69) is 24.3 Å². The fraction of sp³-hybridized carbons (Fsp3) is 0.385. The number of benzene rings is 1. The van der Waals surface area contributed by atoms with E-state index in [1.165, 1.54) is 11.1 Å². The molecule has 0 saturated carbocycles. The molecule has 4 heteroatoms. The Morgan fingerprint density at radius 3 is 2.41 bits per heavy atom. The molecule has 1 aliphatic carbocycles. The van der Waals surface area contributed by atoms with Gasteiger partial charge in [-0.1, -0.05) is 24.3 Å². The molecule has 1 aromatic carbocycles. The zero-order valence-corrected chi connectivity index (χ0v) is 11.9. The first kappa shape index (κ1) is 12.0. The summed E-state index contributed by atoms with van der Waals surface area (Å²) >= 11 is 0. The predicted octanol–water partition coefficient (Wildman–Crippen LogP) is 1.52. The van der Waals surface area contributed by atoms with Gasteiger partial charge in [0.25, 0.3) is 0 Å². The zero-order chi connectivity index (χ0) is 12.3. The Balaban J connectivity index is 2.10. The molecule has 0 amide bonds. The van der Waals surface area contributed by atoms with Crippen LogP contribution >= 0.6 is 0 Å². The van der Waals surface area contributed by atoms with Gasteiger partial charge in [0, 0.05) is 0 Å². The van der Waals surface area contributed by atoms with Crippen molar-refractivity contribution in [3.63, 3.8) is 0 Å². The van der Waals surface area contributed by atoms with Crippen LogP contribution in [0.5, 0.6) is 0 Å². The third kappa shape index (κ3) is 2.31. The summed E-state index contributed by atoms with van der Waals surface area (Å²) in [6.45, 7) is 0. The van der Waals surface area contributed by atoms with Gasteiger partial charge in [0.2, 0.25) is 0 Å². The molecule has 3 nitrogen and oxygen atoms in total. The van der Waals surface area contributed by atoms with Gasteiger partial charge < -0.3 is 14.2 Å². The van der Waals surface area contributed by atoms with Crippen molar-refractivity contribution in [2.45, 2.75) is 12.0 Å². The van der Waals surface area contributed by atoms with Crippen molar-refractivity contribution in [3.05, 3.63) is 46.7 Å². The van der Waals surface area contributed by atoms with E-state index in [4.69, 9.17) is 14.2 Å². The molecular weight excluding hydrogens is 232 g/mol. The summed E-state index contributed by atoms with van der Waals surface area (Å²) in [5.74, 6) is 0.531. The molecule has 1 unspecified atom stereocenters. The van der Waals surface area contributed by atoms with Crippen molar-refractivity contribution in [2.24, 2.45) is 0 Å². The minimum absolute atomic E-state index is 0.531.